The number of hydrogen-bond donors (Lipinski definition) is 2. The van der Waals surface area contributed by atoms with Gasteiger partial charge in [0.1, 0.15) is 23.2 Å². The molecule has 0 aliphatic heterocycles. The molecule has 5 rings (SSSR count). The molecule has 0 radical (unpaired) electrons. The normalized spacial score (nSPS) is 14.4. The lowest BCUT2D eigenvalue weighted by atomic mass is 9.96. The summed E-state index contributed by atoms with van der Waals surface area (Å²) < 4.78 is 61.4. The second kappa shape index (κ2) is 10.3. The van der Waals surface area contributed by atoms with Gasteiger partial charge in [-0.2, -0.15) is 18.2 Å². The number of carbonyl (C=O) groups excluding carboxylic acids is 1. The molecule has 198 valence electrons. The molecule has 0 bridgehead atoms. The van der Waals surface area contributed by atoms with E-state index in [-0.39, 0.29) is 23.2 Å². The molecule has 2 N–H and O–H groups in total. The smallest absolute Gasteiger partial charge is 0.410 e. The van der Waals surface area contributed by atoms with Crippen LogP contribution in [0, 0.1) is 5.82 Å². The molecule has 1 saturated carbocycles. The molecule has 0 saturated heterocycles. The predicted molar refractivity (Wildman–Crippen MR) is 133 cm³/mol. The molecule has 12 heteroatoms. The quantitative estimate of drug-likeness (QED) is 0.304. The van der Waals surface area contributed by atoms with Crippen LogP contribution in [0.2, 0.25) is 0 Å². The second-order valence-corrected chi connectivity index (χ2v) is 8.97. The number of aromatic nitrogens is 4. The maximum Gasteiger partial charge on any atom is 0.419 e. The first-order valence-electron chi connectivity index (χ1n) is 12.1. The van der Waals surface area contributed by atoms with Gasteiger partial charge in [-0.15, -0.1) is 0 Å². The van der Waals surface area contributed by atoms with Crippen molar-refractivity contribution < 1.29 is 27.1 Å². The molecule has 38 heavy (non-hydrogen) atoms. The summed E-state index contributed by atoms with van der Waals surface area (Å²) in [5.41, 5.74) is -0.548. The highest BCUT2D eigenvalue weighted by Crippen LogP contribution is 2.36. The average Bonchev–Trinajstić information content (AvgIpc) is 3.28. The van der Waals surface area contributed by atoms with Crippen molar-refractivity contribution in [3.63, 3.8) is 0 Å². The fourth-order valence-corrected chi connectivity index (χ4v) is 4.56. The standard InChI is InChI=1S/C26H24F4N6O2/c1-31-25(37)38-17-8-10-20-21(14-17)36(22-11-12-32-24(35-22)33-16-5-3-2-4-6-16)23(34-20)15-7-9-19(27)18(13-15)26(28,29)30/h7-14,16H,2-6H2,1H3,(H,31,37)(H,32,33,35). The summed E-state index contributed by atoms with van der Waals surface area (Å²) >= 11 is 0. The van der Waals surface area contributed by atoms with E-state index < -0.39 is 23.7 Å². The summed E-state index contributed by atoms with van der Waals surface area (Å²) in [6.45, 7) is 0. The predicted octanol–water partition coefficient (Wildman–Crippen LogP) is 6.10. The van der Waals surface area contributed by atoms with E-state index in [2.05, 4.69) is 25.6 Å². The third kappa shape index (κ3) is 5.24. The van der Waals surface area contributed by atoms with E-state index in [1.807, 2.05) is 0 Å². The van der Waals surface area contributed by atoms with Gasteiger partial charge in [-0.05, 0) is 49.2 Å². The number of fused-ring (bicyclic) bond motifs is 1. The Kier molecular flexibility index (Phi) is 6.87. The summed E-state index contributed by atoms with van der Waals surface area (Å²) in [5.74, 6) is -0.397. The van der Waals surface area contributed by atoms with Gasteiger partial charge in [-0.25, -0.2) is 19.2 Å². The lowest BCUT2D eigenvalue weighted by molar-refractivity contribution is -0.139. The Balaban J connectivity index is 1.66. The molecule has 2 heterocycles. The fourth-order valence-electron chi connectivity index (χ4n) is 4.56. The van der Waals surface area contributed by atoms with Crippen molar-refractivity contribution in [1.82, 2.24) is 24.8 Å². The topological polar surface area (TPSA) is 94.0 Å². The molecule has 2 aromatic heterocycles. The van der Waals surface area contributed by atoms with Gasteiger partial charge in [0.05, 0.1) is 16.6 Å². The van der Waals surface area contributed by atoms with Crippen molar-refractivity contribution >= 4 is 23.1 Å². The number of rotatable bonds is 5. The van der Waals surface area contributed by atoms with Crippen molar-refractivity contribution in [1.29, 1.82) is 0 Å². The van der Waals surface area contributed by atoms with Crippen LogP contribution in [0.15, 0.2) is 48.7 Å². The molecule has 0 spiro atoms. The average molecular weight is 529 g/mol. The summed E-state index contributed by atoms with van der Waals surface area (Å²) in [5, 5.41) is 5.70. The van der Waals surface area contributed by atoms with Crippen LogP contribution in [0.5, 0.6) is 5.75 Å². The van der Waals surface area contributed by atoms with Crippen LogP contribution in [-0.2, 0) is 6.18 Å². The van der Waals surface area contributed by atoms with Crippen LogP contribution < -0.4 is 15.4 Å². The van der Waals surface area contributed by atoms with Crippen LogP contribution in [0.1, 0.15) is 37.7 Å². The van der Waals surface area contributed by atoms with Crippen LogP contribution >= 0.6 is 0 Å². The number of benzene rings is 2. The Morgan fingerprint density at radius 3 is 2.58 bits per heavy atom. The van der Waals surface area contributed by atoms with Gasteiger partial charge >= 0.3 is 12.3 Å². The van der Waals surface area contributed by atoms with Crippen molar-refractivity contribution in [3.8, 4) is 23.0 Å². The second-order valence-electron chi connectivity index (χ2n) is 8.97. The van der Waals surface area contributed by atoms with E-state index in [1.165, 1.54) is 36.2 Å². The van der Waals surface area contributed by atoms with Crippen molar-refractivity contribution in [3.05, 3.63) is 60.0 Å². The zero-order valence-electron chi connectivity index (χ0n) is 20.3. The maximum absolute atomic E-state index is 14.1. The third-order valence-electron chi connectivity index (χ3n) is 6.38. The Labute approximate surface area is 215 Å². The van der Waals surface area contributed by atoms with Gasteiger partial charge in [0.2, 0.25) is 5.95 Å². The Morgan fingerprint density at radius 2 is 1.84 bits per heavy atom. The monoisotopic (exact) mass is 528 g/mol. The van der Waals surface area contributed by atoms with Crippen LogP contribution in [0.3, 0.4) is 0 Å². The van der Waals surface area contributed by atoms with E-state index in [0.29, 0.717) is 22.8 Å². The SMILES string of the molecule is CNC(=O)Oc1ccc2nc(-c3ccc(F)c(C(F)(F)F)c3)n(-c3ccnc(NC4CCCCC4)n3)c2c1. The molecule has 0 unspecified atom stereocenters. The molecular formula is C26H24F4N6O2. The van der Waals surface area contributed by atoms with Crippen LogP contribution in [0.4, 0.5) is 28.3 Å². The molecular weight excluding hydrogens is 504 g/mol. The molecule has 2 aromatic carbocycles. The van der Waals surface area contributed by atoms with Crippen LogP contribution in [-0.4, -0.2) is 38.7 Å². The van der Waals surface area contributed by atoms with Gasteiger partial charge < -0.3 is 15.4 Å². The summed E-state index contributed by atoms with van der Waals surface area (Å²) in [7, 11) is 1.41. The minimum atomic E-state index is -4.89. The van der Waals surface area contributed by atoms with Gasteiger partial charge in [0, 0.05) is 30.9 Å². The highest BCUT2D eigenvalue weighted by molar-refractivity contribution is 5.85. The fraction of sp³-hybridized carbons (Fsp3) is 0.308. The number of alkyl halides is 3. The summed E-state index contributed by atoms with van der Waals surface area (Å²) in [4.78, 5) is 25.2. The Bertz CT molecular complexity index is 1480. The number of amides is 1. The first-order chi connectivity index (χ1) is 18.2. The summed E-state index contributed by atoms with van der Waals surface area (Å²) in [6, 6.07) is 9.15. The first kappa shape index (κ1) is 25.4. The number of nitrogens with one attached hydrogen (secondary N) is 2. The maximum atomic E-state index is 14.1. The highest BCUT2D eigenvalue weighted by Gasteiger charge is 2.35. The zero-order chi connectivity index (χ0) is 26.9. The van der Waals surface area contributed by atoms with Crippen molar-refractivity contribution in [2.24, 2.45) is 0 Å². The van der Waals surface area contributed by atoms with E-state index >= 15 is 0 Å². The van der Waals surface area contributed by atoms with E-state index in [4.69, 9.17) is 4.74 Å². The van der Waals surface area contributed by atoms with E-state index in [9.17, 15) is 22.4 Å². The number of carbonyl (C=O) groups is 1. The lowest BCUT2D eigenvalue weighted by Crippen LogP contribution is -2.23. The molecule has 8 nitrogen and oxygen atoms in total. The largest absolute Gasteiger partial charge is 0.419 e. The molecule has 1 aliphatic rings. The van der Waals surface area contributed by atoms with Gasteiger partial charge in [0.15, 0.2) is 0 Å². The lowest BCUT2D eigenvalue weighted by Gasteiger charge is -2.22. The number of ether oxygens (including phenoxy) is 1. The van der Waals surface area contributed by atoms with Crippen LogP contribution in [0.25, 0.3) is 28.2 Å². The molecule has 4 aromatic rings. The number of imidazole rings is 1. The number of nitrogens with zero attached hydrogens (tertiary/aromatic N) is 4. The first-order valence-corrected chi connectivity index (χ1v) is 12.1. The number of halogens is 4. The number of hydrogen-bond acceptors (Lipinski definition) is 6. The van der Waals surface area contributed by atoms with E-state index in [0.717, 1.165) is 37.8 Å². The molecule has 1 amide bonds. The minimum Gasteiger partial charge on any atom is -0.410 e. The zero-order valence-corrected chi connectivity index (χ0v) is 20.3. The van der Waals surface area contributed by atoms with E-state index in [1.54, 1.807) is 18.3 Å². The Morgan fingerprint density at radius 1 is 1.05 bits per heavy atom. The highest BCUT2D eigenvalue weighted by atomic mass is 19.4. The number of anilines is 1. The summed E-state index contributed by atoms with van der Waals surface area (Å²) in [6.07, 6.45) is 1.33. The van der Waals surface area contributed by atoms with Gasteiger partial charge in [-0.3, -0.25) is 4.57 Å². The Hall–Kier alpha value is -4.22. The van der Waals surface area contributed by atoms with Gasteiger partial charge in [0.25, 0.3) is 0 Å². The molecule has 1 aliphatic carbocycles. The molecule has 0 atom stereocenters. The minimum absolute atomic E-state index is 0.0316. The molecule has 1 fully saturated rings. The van der Waals surface area contributed by atoms with Gasteiger partial charge in [-0.1, -0.05) is 19.3 Å². The van der Waals surface area contributed by atoms with Crippen molar-refractivity contribution in [2.45, 2.75) is 44.3 Å². The third-order valence-corrected chi connectivity index (χ3v) is 6.38. The van der Waals surface area contributed by atoms with Crippen molar-refractivity contribution in [2.75, 3.05) is 12.4 Å².